The summed E-state index contributed by atoms with van der Waals surface area (Å²) in [6.45, 7) is 4.11. The van der Waals surface area contributed by atoms with E-state index in [9.17, 15) is 14.4 Å². The summed E-state index contributed by atoms with van der Waals surface area (Å²) in [4.78, 5) is 36.6. The van der Waals surface area contributed by atoms with Gasteiger partial charge in [-0.3, -0.25) is 14.4 Å². The van der Waals surface area contributed by atoms with E-state index in [1.54, 1.807) is 66.9 Å². The van der Waals surface area contributed by atoms with E-state index in [-0.39, 0.29) is 36.9 Å². The van der Waals surface area contributed by atoms with Crippen LogP contribution in [0.1, 0.15) is 40.3 Å². The van der Waals surface area contributed by atoms with Crippen molar-refractivity contribution in [3.63, 3.8) is 0 Å². The molecule has 0 aliphatic carbocycles. The molecule has 0 bridgehead atoms. The van der Waals surface area contributed by atoms with Gasteiger partial charge in [0.25, 0.3) is 11.8 Å². The molecule has 1 aromatic heterocycles. The van der Waals surface area contributed by atoms with Crippen molar-refractivity contribution in [3.8, 4) is 0 Å². The van der Waals surface area contributed by atoms with Crippen molar-refractivity contribution in [2.45, 2.75) is 26.4 Å². The number of hydrogen-bond donors (Lipinski definition) is 4. The number of benzene rings is 2. The van der Waals surface area contributed by atoms with Crippen LogP contribution in [0.15, 0.2) is 71.3 Å². The van der Waals surface area contributed by atoms with Crippen LogP contribution in [-0.4, -0.2) is 30.3 Å². The summed E-state index contributed by atoms with van der Waals surface area (Å²) < 4.78 is 5.19. The van der Waals surface area contributed by atoms with Crippen LogP contribution in [0.2, 0.25) is 0 Å². The fraction of sp³-hybridized carbons (Fsp3) is 0.208. The van der Waals surface area contributed by atoms with Crippen LogP contribution in [0.5, 0.6) is 0 Å². The van der Waals surface area contributed by atoms with Gasteiger partial charge in [0.05, 0.1) is 19.4 Å². The van der Waals surface area contributed by atoms with Gasteiger partial charge in [-0.2, -0.15) is 0 Å². The molecule has 0 radical (unpaired) electrons. The predicted molar refractivity (Wildman–Crippen MR) is 122 cm³/mol. The quantitative estimate of drug-likeness (QED) is 0.412. The average Bonchev–Trinajstić information content (AvgIpc) is 3.30. The molecule has 0 unspecified atom stereocenters. The van der Waals surface area contributed by atoms with Crippen LogP contribution in [-0.2, 0) is 11.3 Å². The van der Waals surface area contributed by atoms with Crippen LogP contribution in [0, 0.1) is 0 Å². The van der Waals surface area contributed by atoms with Crippen LogP contribution in [0.25, 0.3) is 0 Å². The molecule has 1 heterocycles. The zero-order valence-electron chi connectivity index (χ0n) is 18.0. The van der Waals surface area contributed by atoms with E-state index in [4.69, 9.17) is 4.42 Å². The van der Waals surface area contributed by atoms with Gasteiger partial charge >= 0.3 is 0 Å². The highest BCUT2D eigenvalue weighted by Gasteiger charge is 2.10. The molecule has 0 fully saturated rings. The Morgan fingerprint density at radius 3 is 2.34 bits per heavy atom. The third-order valence-corrected chi connectivity index (χ3v) is 4.43. The van der Waals surface area contributed by atoms with Gasteiger partial charge in [0.15, 0.2) is 0 Å². The minimum atomic E-state index is -0.266. The topological polar surface area (TPSA) is 112 Å². The second kappa shape index (κ2) is 10.8. The van der Waals surface area contributed by atoms with E-state index in [1.807, 2.05) is 13.8 Å². The Labute approximate surface area is 186 Å². The summed E-state index contributed by atoms with van der Waals surface area (Å²) in [5, 5.41) is 11.4. The molecule has 0 aliphatic rings. The second-order valence-electron chi connectivity index (χ2n) is 7.45. The summed E-state index contributed by atoms with van der Waals surface area (Å²) in [7, 11) is 0. The summed E-state index contributed by atoms with van der Waals surface area (Å²) in [6.07, 6.45) is 1.55. The molecule has 0 spiro atoms. The Hall–Kier alpha value is -4.07. The normalized spacial score (nSPS) is 10.5. The molecule has 3 aromatic rings. The standard InChI is InChI=1S/C24H26N4O4/c1-16(2)27-24(31)17-8-10-19(11-9-17)25-15-22(29)28-20-6-3-5-18(13-20)23(30)26-14-21-7-4-12-32-21/h3-13,16,25H,14-15H2,1-2H3,(H,26,30)(H,27,31)(H,28,29). The highest BCUT2D eigenvalue weighted by molar-refractivity contribution is 5.98. The van der Waals surface area contributed by atoms with Gasteiger partial charge in [-0.1, -0.05) is 6.07 Å². The van der Waals surface area contributed by atoms with E-state index in [2.05, 4.69) is 21.3 Å². The van der Waals surface area contributed by atoms with Crippen molar-refractivity contribution in [1.82, 2.24) is 10.6 Å². The molecule has 4 N–H and O–H groups in total. The van der Waals surface area contributed by atoms with E-state index in [0.717, 1.165) is 0 Å². The zero-order chi connectivity index (χ0) is 22.9. The lowest BCUT2D eigenvalue weighted by Crippen LogP contribution is -2.30. The number of hydrogen-bond acceptors (Lipinski definition) is 5. The molecule has 0 atom stereocenters. The number of anilines is 2. The lowest BCUT2D eigenvalue weighted by Gasteiger charge is -2.11. The predicted octanol–water partition coefficient (Wildman–Crippen LogP) is 3.40. The molecule has 3 rings (SSSR count). The number of furan rings is 1. The molecular formula is C24H26N4O4. The molecule has 8 nitrogen and oxygen atoms in total. The van der Waals surface area contributed by atoms with Crippen LogP contribution >= 0.6 is 0 Å². The monoisotopic (exact) mass is 434 g/mol. The lowest BCUT2D eigenvalue weighted by atomic mass is 10.2. The number of amides is 3. The molecular weight excluding hydrogens is 408 g/mol. The first-order valence-corrected chi connectivity index (χ1v) is 10.3. The van der Waals surface area contributed by atoms with Crippen LogP contribution in [0.3, 0.4) is 0 Å². The van der Waals surface area contributed by atoms with Crippen LogP contribution < -0.4 is 21.3 Å². The fourth-order valence-electron chi connectivity index (χ4n) is 2.89. The van der Waals surface area contributed by atoms with Gasteiger partial charge < -0.3 is 25.7 Å². The number of carbonyl (C=O) groups excluding carboxylic acids is 3. The number of carbonyl (C=O) groups is 3. The highest BCUT2D eigenvalue weighted by Crippen LogP contribution is 2.12. The van der Waals surface area contributed by atoms with Crippen LogP contribution in [0.4, 0.5) is 11.4 Å². The van der Waals surface area contributed by atoms with E-state index >= 15 is 0 Å². The van der Waals surface area contributed by atoms with Gasteiger partial charge in [0.1, 0.15) is 5.76 Å². The maximum absolute atomic E-state index is 12.3. The largest absolute Gasteiger partial charge is 0.467 e. The van der Waals surface area contributed by atoms with Gasteiger partial charge in [-0.25, -0.2) is 0 Å². The molecule has 2 aromatic carbocycles. The molecule has 3 amide bonds. The molecule has 32 heavy (non-hydrogen) atoms. The zero-order valence-corrected chi connectivity index (χ0v) is 18.0. The van der Waals surface area contributed by atoms with Gasteiger partial charge in [0.2, 0.25) is 5.91 Å². The molecule has 0 aliphatic heterocycles. The molecule has 0 saturated heterocycles. The second-order valence-corrected chi connectivity index (χ2v) is 7.45. The van der Waals surface area contributed by atoms with Crippen molar-refractivity contribution in [3.05, 3.63) is 83.8 Å². The molecule has 166 valence electrons. The Bertz CT molecular complexity index is 1060. The Morgan fingerprint density at radius 1 is 0.875 bits per heavy atom. The minimum absolute atomic E-state index is 0.0342. The highest BCUT2D eigenvalue weighted by atomic mass is 16.3. The van der Waals surface area contributed by atoms with Crippen molar-refractivity contribution in [2.24, 2.45) is 0 Å². The summed E-state index contributed by atoms with van der Waals surface area (Å²) >= 11 is 0. The third kappa shape index (κ3) is 6.73. The third-order valence-electron chi connectivity index (χ3n) is 4.43. The summed E-state index contributed by atoms with van der Waals surface area (Å²) in [5.41, 5.74) is 2.21. The number of rotatable bonds is 9. The first kappa shape index (κ1) is 22.6. The van der Waals surface area contributed by atoms with Gasteiger partial charge in [-0.05, 0) is 68.4 Å². The maximum atomic E-state index is 12.3. The fourth-order valence-corrected chi connectivity index (χ4v) is 2.89. The Balaban J connectivity index is 1.49. The minimum Gasteiger partial charge on any atom is -0.467 e. The SMILES string of the molecule is CC(C)NC(=O)c1ccc(NCC(=O)Nc2cccc(C(=O)NCc3ccco3)c2)cc1. The first-order chi connectivity index (χ1) is 15.4. The van der Waals surface area contributed by atoms with Gasteiger partial charge in [0, 0.05) is 28.5 Å². The van der Waals surface area contributed by atoms with Crippen molar-refractivity contribution >= 4 is 29.1 Å². The Morgan fingerprint density at radius 2 is 1.66 bits per heavy atom. The van der Waals surface area contributed by atoms with E-state index < -0.39 is 0 Å². The van der Waals surface area contributed by atoms with Crippen molar-refractivity contribution in [1.29, 1.82) is 0 Å². The molecule has 8 heteroatoms. The lowest BCUT2D eigenvalue weighted by molar-refractivity contribution is -0.114. The van der Waals surface area contributed by atoms with E-state index in [0.29, 0.717) is 28.3 Å². The number of nitrogens with one attached hydrogen (secondary N) is 4. The summed E-state index contributed by atoms with van der Waals surface area (Å²) in [5.74, 6) is -0.0168. The molecule has 0 saturated carbocycles. The van der Waals surface area contributed by atoms with Crippen molar-refractivity contribution in [2.75, 3.05) is 17.2 Å². The van der Waals surface area contributed by atoms with E-state index in [1.165, 1.54) is 0 Å². The smallest absolute Gasteiger partial charge is 0.251 e. The average molecular weight is 434 g/mol. The first-order valence-electron chi connectivity index (χ1n) is 10.3. The van der Waals surface area contributed by atoms with Gasteiger partial charge in [-0.15, -0.1) is 0 Å². The summed E-state index contributed by atoms with van der Waals surface area (Å²) in [6, 6.07) is 17.2. The Kier molecular flexibility index (Phi) is 7.64. The van der Waals surface area contributed by atoms with Crippen molar-refractivity contribution < 1.29 is 18.8 Å². The maximum Gasteiger partial charge on any atom is 0.251 e.